The number of carboxylic acid groups (broad SMARTS) is 1. The maximum atomic E-state index is 11.4. The van der Waals surface area contributed by atoms with Crippen molar-refractivity contribution in [3.05, 3.63) is 36.0 Å². The van der Waals surface area contributed by atoms with E-state index in [2.05, 4.69) is 15.3 Å². The topological polar surface area (TPSA) is 105 Å². The van der Waals surface area contributed by atoms with Gasteiger partial charge < -0.3 is 20.3 Å². The maximum absolute atomic E-state index is 11.4. The Bertz CT molecular complexity index is 691. The average molecular weight is 317 g/mol. The Morgan fingerprint density at radius 1 is 1.39 bits per heavy atom. The van der Waals surface area contributed by atoms with Crippen molar-refractivity contribution in [2.45, 2.75) is 19.9 Å². The Labute approximate surface area is 134 Å². The molecule has 7 heteroatoms. The van der Waals surface area contributed by atoms with Gasteiger partial charge in [-0.25, -0.2) is 14.8 Å². The molecule has 1 atom stereocenters. The lowest BCUT2D eigenvalue weighted by Gasteiger charge is -2.12. The van der Waals surface area contributed by atoms with Crippen LogP contribution in [0.5, 0.6) is 5.75 Å². The van der Waals surface area contributed by atoms with E-state index in [1.807, 2.05) is 0 Å². The number of nitrogens with zero attached hydrogens (tertiary/aromatic N) is 2. The quantitative estimate of drug-likeness (QED) is 0.717. The molecule has 23 heavy (non-hydrogen) atoms. The summed E-state index contributed by atoms with van der Waals surface area (Å²) in [4.78, 5) is 19.8. The fraction of sp³-hybridized carbons (Fsp3) is 0.312. The maximum Gasteiger partial charge on any atom is 0.339 e. The van der Waals surface area contributed by atoms with Crippen LogP contribution in [-0.4, -0.2) is 45.4 Å². The van der Waals surface area contributed by atoms with Crippen LogP contribution >= 0.6 is 0 Å². The van der Waals surface area contributed by atoms with Crippen LogP contribution in [0.15, 0.2) is 30.5 Å². The second kappa shape index (κ2) is 7.55. The van der Waals surface area contributed by atoms with Crippen LogP contribution < -0.4 is 10.1 Å². The van der Waals surface area contributed by atoms with Crippen LogP contribution in [0.4, 0.5) is 5.95 Å². The number of benzene rings is 1. The highest BCUT2D eigenvalue weighted by atomic mass is 16.5. The van der Waals surface area contributed by atoms with Crippen molar-refractivity contribution in [1.82, 2.24) is 9.97 Å². The zero-order valence-corrected chi connectivity index (χ0v) is 13.0. The summed E-state index contributed by atoms with van der Waals surface area (Å²) in [5.41, 5.74) is 1.31. The SMILES string of the molecule is CCOc1ccc(-c2ccnc(NC(C)CO)n2)cc1C(=O)O. The lowest BCUT2D eigenvalue weighted by molar-refractivity contribution is 0.0692. The number of hydrogen-bond donors (Lipinski definition) is 3. The lowest BCUT2D eigenvalue weighted by atomic mass is 10.1. The molecule has 0 aliphatic rings. The second-order valence-corrected chi connectivity index (χ2v) is 4.94. The number of rotatable bonds is 7. The molecule has 0 fully saturated rings. The predicted molar refractivity (Wildman–Crippen MR) is 85.8 cm³/mol. The summed E-state index contributed by atoms with van der Waals surface area (Å²) < 4.78 is 5.33. The van der Waals surface area contributed by atoms with Crippen molar-refractivity contribution in [2.75, 3.05) is 18.5 Å². The Kier molecular flexibility index (Phi) is 5.48. The minimum absolute atomic E-state index is 0.0419. The Hall–Kier alpha value is -2.67. The van der Waals surface area contributed by atoms with Gasteiger partial charge in [-0.15, -0.1) is 0 Å². The minimum Gasteiger partial charge on any atom is -0.493 e. The molecule has 122 valence electrons. The number of carboxylic acids is 1. The number of hydrogen-bond acceptors (Lipinski definition) is 6. The molecule has 0 spiro atoms. The molecular formula is C16H19N3O4. The van der Waals surface area contributed by atoms with Crippen LogP contribution in [0.25, 0.3) is 11.3 Å². The van der Waals surface area contributed by atoms with Gasteiger partial charge in [0.25, 0.3) is 0 Å². The number of aromatic carboxylic acids is 1. The van der Waals surface area contributed by atoms with E-state index < -0.39 is 5.97 Å². The standard InChI is InChI=1S/C16H19N3O4/c1-3-23-14-5-4-11(8-12(14)15(21)22)13-6-7-17-16(19-13)18-10(2)9-20/h4-8,10,20H,3,9H2,1-2H3,(H,21,22)(H,17,18,19). The average Bonchev–Trinajstić information content (AvgIpc) is 2.55. The number of aliphatic hydroxyl groups excluding tert-OH is 1. The summed E-state index contributed by atoms with van der Waals surface area (Å²) in [7, 11) is 0. The van der Waals surface area contributed by atoms with E-state index in [-0.39, 0.29) is 18.2 Å². The molecule has 2 rings (SSSR count). The molecule has 1 unspecified atom stereocenters. The van der Waals surface area contributed by atoms with Gasteiger partial charge in [-0.3, -0.25) is 0 Å². The summed E-state index contributed by atoms with van der Waals surface area (Å²) in [6.07, 6.45) is 1.58. The van der Waals surface area contributed by atoms with Gasteiger partial charge in [0.1, 0.15) is 11.3 Å². The largest absolute Gasteiger partial charge is 0.493 e. The van der Waals surface area contributed by atoms with E-state index in [1.165, 1.54) is 6.07 Å². The van der Waals surface area contributed by atoms with Gasteiger partial charge in [0.2, 0.25) is 5.95 Å². The zero-order valence-electron chi connectivity index (χ0n) is 13.0. The molecular weight excluding hydrogens is 298 g/mol. The van der Waals surface area contributed by atoms with Crippen LogP contribution in [0, 0.1) is 0 Å². The predicted octanol–water partition coefficient (Wildman–Crippen LogP) is 2.03. The molecule has 0 amide bonds. The van der Waals surface area contributed by atoms with E-state index >= 15 is 0 Å². The van der Waals surface area contributed by atoms with Gasteiger partial charge in [-0.05, 0) is 38.1 Å². The van der Waals surface area contributed by atoms with Crippen molar-refractivity contribution in [3.8, 4) is 17.0 Å². The number of aliphatic hydroxyl groups is 1. The van der Waals surface area contributed by atoms with Crippen molar-refractivity contribution < 1.29 is 19.7 Å². The van der Waals surface area contributed by atoms with Gasteiger partial charge in [0.05, 0.1) is 18.9 Å². The molecule has 0 aliphatic heterocycles. The number of nitrogens with one attached hydrogen (secondary N) is 1. The van der Waals surface area contributed by atoms with Gasteiger partial charge >= 0.3 is 5.97 Å². The normalized spacial score (nSPS) is 11.8. The van der Waals surface area contributed by atoms with Crippen molar-refractivity contribution in [2.24, 2.45) is 0 Å². The van der Waals surface area contributed by atoms with E-state index in [4.69, 9.17) is 9.84 Å². The number of anilines is 1. The Balaban J connectivity index is 2.36. The first-order chi connectivity index (χ1) is 11.0. The van der Waals surface area contributed by atoms with E-state index in [1.54, 1.807) is 38.2 Å². The highest BCUT2D eigenvalue weighted by Crippen LogP contribution is 2.26. The smallest absolute Gasteiger partial charge is 0.339 e. The van der Waals surface area contributed by atoms with Crippen LogP contribution in [0.3, 0.4) is 0 Å². The van der Waals surface area contributed by atoms with Gasteiger partial charge in [0, 0.05) is 17.8 Å². The minimum atomic E-state index is -1.06. The molecule has 0 saturated heterocycles. The van der Waals surface area contributed by atoms with Crippen LogP contribution in [0.2, 0.25) is 0 Å². The summed E-state index contributed by atoms with van der Waals surface area (Å²) in [6.45, 7) is 3.94. The molecule has 0 aliphatic carbocycles. The zero-order chi connectivity index (χ0) is 16.8. The number of aromatic nitrogens is 2. The Morgan fingerprint density at radius 3 is 2.83 bits per heavy atom. The summed E-state index contributed by atoms with van der Waals surface area (Å²) >= 11 is 0. The molecule has 0 bridgehead atoms. The van der Waals surface area contributed by atoms with Gasteiger partial charge in [-0.1, -0.05) is 0 Å². The molecule has 0 radical (unpaired) electrons. The third-order valence-electron chi connectivity index (χ3n) is 3.11. The fourth-order valence-corrected chi connectivity index (χ4v) is 1.99. The van der Waals surface area contributed by atoms with Crippen molar-refractivity contribution >= 4 is 11.9 Å². The first kappa shape index (κ1) is 16.7. The summed E-state index contributed by atoms with van der Waals surface area (Å²) in [6, 6.07) is 6.40. The molecule has 1 aromatic heterocycles. The van der Waals surface area contributed by atoms with E-state index in [9.17, 15) is 9.90 Å². The monoisotopic (exact) mass is 317 g/mol. The van der Waals surface area contributed by atoms with Crippen molar-refractivity contribution in [1.29, 1.82) is 0 Å². The summed E-state index contributed by atoms with van der Waals surface area (Å²) in [5, 5.41) is 21.3. The van der Waals surface area contributed by atoms with Crippen molar-refractivity contribution in [3.63, 3.8) is 0 Å². The lowest BCUT2D eigenvalue weighted by Crippen LogP contribution is -2.20. The molecule has 1 heterocycles. The first-order valence-corrected chi connectivity index (χ1v) is 7.26. The number of ether oxygens (including phenoxy) is 1. The first-order valence-electron chi connectivity index (χ1n) is 7.26. The van der Waals surface area contributed by atoms with E-state index in [0.717, 1.165) is 0 Å². The second-order valence-electron chi connectivity index (χ2n) is 4.94. The van der Waals surface area contributed by atoms with E-state index in [0.29, 0.717) is 29.6 Å². The third kappa shape index (κ3) is 4.17. The highest BCUT2D eigenvalue weighted by Gasteiger charge is 2.14. The highest BCUT2D eigenvalue weighted by molar-refractivity contribution is 5.92. The fourth-order valence-electron chi connectivity index (χ4n) is 1.99. The molecule has 2 aromatic rings. The van der Waals surface area contributed by atoms with Gasteiger partial charge in [-0.2, -0.15) is 0 Å². The summed E-state index contributed by atoms with van der Waals surface area (Å²) in [5.74, 6) is -0.364. The molecule has 1 aromatic carbocycles. The third-order valence-corrected chi connectivity index (χ3v) is 3.11. The molecule has 3 N–H and O–H groups in total. The molecule has 0 saturated carbocycles. The van der Waals surface area contributed by atoms with Gasteiger partial charge in [0.15, 0.2) is 0 Å². The van der Waals surface area contributed by atoms with Crippen LogP contribution in [0.1, 0.15) is 24.2 Å². The van der Waals surface area contributed by atoms with Crippen LogP contribution in [-0.2, 0) is 0 Å². The Morgan fingerprint density at radius 2 is 2.17 bits per heavy atom. The molecule has 7 nitrogen and oxygen atoms in total. The number of carbonyl (C=O) groups is 1.